The van der Waals surface area contributed by atoms with Crippen LogP contribution in [0.15, 0.2) is 66.0 Å². The molecule has 0 unspecified atom stereocenters. The second-order valence-electron chi connectivity index (χ2n) is 6.72. The van der Waals surface area contributed by atoms with E-state index in [1.54, 1.807) is 30.3 Å². The molecule has 29 heavy (non-hydrogen) atoms. The zero-order valence-electron chi connectivity index (χ0n) is 16.5. The molecule has 0 fully saturated rings. The number of carbonyl (C=O) groups is 2. The minimum atomic E-state index is -0.244. The highest BCUT2D eigenvalue weighted by Crippen LogP contribution is 2.21. The van der Waals surface area contributed by atoms with E-state index >= 15 is 0 Å². The van der Waals surface area contributed by atoms with Gasteiger partial charge >= 0.3 is 0 Å². The first-order chi connectivity index (χ1) is 14.0. The summed E-state index contributed by atoms with van der Waals surface area (Å²) in [6.45, 7) is 4.27. The SMILES string of the molecule is CC[C@@H](C)c1ccc(OCC(=O)Nc2ccc(NC(=O)c3cccs3)cc2)cc1. The number of thiophene rings is 1. The molecule has 1 atom stereocenters. The highest BCUT2D eigenvalue weighted by Gasteiger charge is 2.08. The Morgan fingerprint density at radius 3 is 2.21 bits per heavy atom. The Kier molecular flexibility index (Phi) is 7.03. The Hall–Kier alpha value is -3.12. The van der Waals surface area contributed by atoms with Gasteiger partial charge in [0.2, 0.25) is 0 Å². The number of nitrogens with one attached hydrogen (secondary N) is 2. The van der Waals surface area contributed by atoms with Crippen molar-refractivity contribution < 1.29 is 14.3 Å². The van der Waals surface area contributed by atoms with Gasteiger partial charge in [0, 0.05) is 11.4 Å². The molecule has 3 aromatic rings. The van der Waals surface area contributed by atoms with E-state index in [4.69, 9.17) is 4.74 Å². The summed E-state index contributed by atoms with van der Waals surface area (Å²) < 4.78 is 5.56. The minimum Gasteiger partial charge on any atom is -0.484 e. The van der Waals surface area contributed by atoms with Crippen LogP contribution in [0.1, 0.15) is 41.4 Å². The number of ether oxygens (including phenoxy) is 1. The van der Waals surface area contributed by atoms with Crippen molar-refractivity contribution >= 4 is 34.5 Å². The van der Waals surface area contributed by atoms with E-state index in [0.29, 0.717) is 27.9 Å². The monoisotopic (exact) mass is 408 g/mol. The molecule has 1 heterocycles. The van der Waals surface area contributed by atoms with Crippen molar-refractivity contribution in [1.29, 1.82) is 0 Å². The molecule has 6 heteroatoms. The lowest BCUT2D eigenvalue weighted by atomic mass is 9.99. The Balaban J connectivity index is 1.47. The molecule has 0 aliphatic carbocycles. The minimum absolute atomic E-state index is 0.0699. The van der Waals surface area contributed by atoms with Crippen LogP contribution in [0.5, 0.6) is 5.75 Å². The van der Waals surface area contributed by atoms with Crippen LogP contribution in [0.25, 0.3) is 0 Å². The molecule has 0 spiro atoms. The Labute approximate surface area is 174 Å². The maximum absolute atomic E-state index is 12.1. The van der Waals surface area contributed by atoms with Gasteiger partial charge in [0.25, 0.3) is 11.8 Å². The maximum Gasteiger partial charge on any atom is 0.265 e. The van der Waals surface area contributed by atoms with Gasteiger partial charge in [-0.3, -0.25) is 9.59 Å². The predicted molar refractivity (Wildman–Crippen MR) is 118 cm³/mol. The zero-order valence-corrected chi connectivity index (χ0v) is 17.3. The topological polar surface area (TPSA) is 67.4 Å². The van der Waals surface area contributed by atoms with E-state index in [-0.39, 0.29) is 18.4 Å². The van der Waals surface area contributed by atoms with Gasteiger partial charge in [-0.25, -0.2) is 0 Å². The van der Waals surface area contributed by atoms with Gasteiger partial charge in [0.05, 0.1) is 4.88 Å². The number of rotatable bonds is 8. The Morgan fingerprint density at radius 1 is 0.966 bits per heavy atom. The molecule has 0 aliphatic heterocycles. The summed E-state index contributed by atoms with van der Waals surface area (Å²) in [5.74, 6) is 0.778. The van der Waals surface area contributed by atoms with Crippen molar-refractivity contribution in [2.45, 2.75) is 26.2 Å². The van der Waals surface area contributed by atoms with Gasteiger partial charge in [-0.05, 0) is 65.7 Å². The molecule has 0 saturated heterocycles. The largest absolute Gasteiger partial charge is 0.484 e. The summed E-state index contributed by atoms with van der Waals surface area (Å²) in [7, 11) is 0. The van der Waals surface area contributed by atoms with E-state index in [2.05, 4.69) is 24.5 Å². The lowest BCUT2D eigenvalue weighted by Gasteiger charge is -2.11. The normalized spacial score (nSPS) is 11.5. The molecule has 150 valence electrons. The number of hydrogen-bond donors (Lipinski definition) is 2. The molecule has 5 nitrogen and oxygen atoms in total. The van der Waals surface area contributed by atoms with Crippen LogP contribution in [0.2, 0.25) is 0 Å². The molecule has 3 rings (SSSR count). The third kappa shape index (κ3) is 5.93. The molecule has 0 aliphatic rings. The fraction of sp³-hybridized carbons (Fsp3) is 0.217. The average Bonchev–Trinajstić information content (AvgIpc) is 3.28. The highest BCUT2D eigenvalue weighted by molar-refractivity contribution is 7.12. The number of carbonyl (C=O) groups excluding carboxylic acids is 2. The first kappa shape index (κ1) is 20.6. The third-order valence-corrected chi connectivity index (χ3v) is 5.47. The first-order valence-corrected chi connectivity index (χ1v) is 10.4. The summed E-state index contributed by atoms with van der Waals surface area (Å²) in [5, 5.41) is 7.46. The molecule has 0 radical (unpaired) electrons. The number of amides is 2. The molecular weight excluding hydrogens is 384 g/mol. The fourth-order valence-corrected chi connectivity index (χ4v) is 3.33. The summed E-state index contributed by atoms with van der Waals surface area (Å²) in [6.07, 6.45) is 1.08. The Morgan fingerprint density at radius 2 is 1.62 bits per heavy atom. The average molecular weight is 409 g/mol. The quantitative estimate of drug-likeness (QED) is 0.515. The molecule has 0 bridgehead atoms. The van der Waals surface area contributed by atoms with Crippen LogP contribution in [0.3, 0.4) is 0 Å². The standard InChI is InChI=1S/C23H24N2O3S/c1-3-16(2)17-6-12-20(13-7-17)28-15-22(26)24-18-8-10-19(11-9-18)25-23(27)21-5-4-14-29-21/h4-14,16H,3,15H2,1-2H3,(H,24,26)(H,25,27)/t16-/m1/s1. The van der Waals surface area contributed by atoms with Gasteiger partial charge in [-0.15, -0.1) is 11.3 Å². The van der Waals surface area contributed by atoms with Crippen LogP contribution >= 0.6 is 11.3 Å². The van der Waals surface area contributed by atoms with E-state index in [9.17, 15) is 9.59 Å². The van der Waals surface area contributed by atoms with Gasteiger partial charge in [0.15, 0.2) is 6.61 Å². The summed E-state index contributed by atoms with van der Waals surface area (Å²) in [4.78, 5) is 24.8. The van der Waals surface area contributed by atoms with Gasteiger partial charge in [0.1, 0.15) is 5.75 Å². The van der Waals surface area contributed by atoms with E-state index < -0.39 is 0 Å². The summed E-state index contributed by atoms with van der Waals surface area (Å²) in [6, 6.07) is 18.4. The van der Waals surface area contributed by atoms with Crippen molar-refractivity contribution in [1.82, 2.24) is 0 Å². The number of hydrogen-bond acceptors (Lipinski definition) is 4. The zero-order chi connectivity index (χ0) is 20.6. The van der Waals surface area contributed by atoms with Crippen LogP contribution in [-0.2, 0) is 4.79 Å². The van der Waals surface area contributed by atoms with Crippen LogP contribution in [0, 0.1) is 0 Å². The van der Waals surface area contributed by atoms with Crippen molar-refractivity contribution in [3.63, 3.8) is 0 Å². The number of anilines is 2. The molecule has 2 amide bonds. The summed E-state index contributed by atoms with van der Waals surface area (Å²) in [5.41, 5.74) is 2.56. The smallest absolute Gasteiger partial charge is 0.265 e. The van der Waals surface area contributed by atoms with Gasteiger partial charge in [-0.2, -0.15) is 0 Å². The maximum atomic E-state index is 12.1. The van der Waals surface area contributed by atoms with Gasteiger partial charge in [-0.1, -0.05) is 32.0 Å². The molecule has 2 aromatic carbocycles. The fourth-order valence-electron chi connectivity index (χ4n) is 2.71. The molecule has 0 saturated carbocycles. The van der Waals surface area contributed by atoms with Crippen LogP contribution in [-0.4, -0.2) is 18.4 Å². The lowest BCUT2D eigenvalue weighted by molar-refractivity contribution is -0.118. The second-order valence-corrected chi connectivity index (χ2v) is 7.67. The number of benzene rings is 2. The lowest BCUT2D eigenvalue weighted by Crippen LogP contribution is -2.20. The highest BCUT2D eigenvalue weighted by atomic mass is 32.1. The van der Waals surface area contributed by atoms with Crippen molar-refractivity contribution in [2.24, 2.45) is 0 Å². The van der Waals surface area contributed by atoms with Crippen molar-refractivity contribution in [3.05, 3.63) is 76.5 Å². The van der Waals surface area contributed by atoms with Crippen molar-refractivity contribution in [3.8, 4) is 5.75 Å². The molecule has 1 aromatic heterocycles. The van der Waals surface area contributed by atoms with Crippen molar-refractivity contribution in [2.75, 3.05) is 17.2 Å². The Bertz CT molecular complexity index is 935. The van der Waals surface area contributed by atoms with Crippen LogP contribution in [0.4, 0.5) is 11.4 Å². The van der Waals surface area contributed by atoms with E-state index in [0.717, 1.165) is 6.42 Å². The molecular formula is C23H24N2O3S. The van der Waals surface area contributed by atoms with E-state index in [1.165, 1.54) is 16.9 Å². The summed E-state index contributed by atoms with van der Waals surface area (Å²) >= 11 is 1.39. The third-order valence-electron chi connectivity index (χ3n) is 4.60. The first-order valence-electron chi connectivity index (χ1n) is 9.52. The predicted octanol–water partition coefficient (Wildman–Crippen LogP) is 5.53. The van der Waals surface area contributed by atoms with E-state index in [1.807, 2.05) is 35.7 Å². The van der Waals surface area contributed by atoms with Crippen LogP contribution < -0.4 is 15.4 Å². The molecule has 2 N–H and O–H groups in total. The second kappa shape index (κ2) is 9.89. The van der Waals surface area contributed by atoms with Gasteiger partial charge < -0.3 is 15.4 Å².